The predicted molar refractivity (Wildman–Crippen MR) is 43.1 cm³/mol. The monoisotopic (exact) mass is 154 g/mol. The second-order valence-electron chi connectivity index (χ2n) is 2.69. The molecule has 1 aromatic heterocycles. The van der Waals surface area contributed by atoms with E-state index in [0.29, 0.717) is 0 Å². The van der Waals surface area contributed by atoms with Crippen molar-refractivity contribution >= 4 is 0 Å². The Bertz CT molecular complexity index is 184. The largest absolute Gasteiger partial charge is 0.388 e. The standard InChI is InChI=1S/C8H14N2O/c1-2-3-4-8(11)7-5-9-10-6-7/h5-6,8,11H,2-4H2,1H3,(H,9,10). The van der Waals surface area contributed by atoms with Crippen molar-refractivity contribution in [3.63, 3.8) is 0 Å². The average molecular weight is 154 g/mol. The lowest BCUT2D eigenvalue weighted by atomic mass is 10.1. The molecule has 1 heterocycles. The molecule has 0 fully saturated rings. The molecule has 0 radical (unpaired) electrons. The van der Waals surface area contributed by atoms with E-state index in [2.05, 4.69) is 17.1 Å². The summed E-state index contributed by atoms with van der Waals surface area (Å²) in [5.41, 5.74) is 0.887. The topological polar surface area (TPSA) is 48.9 Å². The van der Waals surface area contributed by atoms with Gasteiger partial charge in [-0.1, -0.05) is 19.8 Å². The van der Waals surface area contributed by atoms with Crippen LogP contribution in [-0.2, 0) is 0 Å². The second-order valence-corrected chi connectivity index (χ2v) is 2.69. The molecule has 0 aliphatic rings. The van der Waals surface area contributed by atoms with Gasteiger partial charge in [-0.25, -0.2) is 0 Å². The Labute approximate surface area is 66.4 Å². The van der Waals surface area contributed by atoms with Crippen LogP contribution >= 0.6 is 0 Å². The first-order valence-electron chi connectivity index (χ1n) is 4.01. The van der Waals surface area contributed by atoms with Gasteiger partial charge in [0.15, 0.2) is 0 Å². The number of aromatic amines is 1. The Hall–Kier alpha value is -0.830. The Morgan fingerprint density at radius 2 is 2.55 bits per heavy atom. The van der Waals surface area contributed by atoms with Crippen molar-refractivity contribution in [1.82, 2.24) is 10.2 Å². The molecule has 1 unspecified atom stereocenters. The van der Waals surface area contributed by atoms with Crippen molar-refractivity contribution in [2.24, 2.45) is 0 Å². The van der Waals surface area contributed by atoms with Crippen LogP contribution in [-0.4, -0.2) is 15.3 Å². The van der Waals surface area contributed by atoms with Crippen LogP contribution < -0.4 is 0 Å². The Kier molecular flexibility index (Phi) is 3.11. The van der Waals surface area contributed by atoms with Crippen molar-refractivity contribution in [3.8, 4) is 0 Å². The number of nitrogens with zero attached hydrogens (tertiary/aromatic N) is 1. The van der Waals surface area contributed by atoms with E-state index in [-0.39, 0.29) is 6.10 Å². The Balaban J connectivity index is 2.36. The number of rotatable bonds is 4. The molecular weight excluding hydrogens is 140 g/mol. The summed E-state index contributed by atoms with van der Waals surface area (Å²) in [6.07, 6.45) is 6.08. The second kappa shape index (κ2) is 4.13. The maximum Gasteiger partial charge on any atom is 0.0820 e. The van der Waals surface area contributed by atoms with E-state index in [1.54, 1.807) is 12.4 Å². The van der Waals surface area contributed by atoms with Gasteiger partial charge < -0.3 is 5.11 Å². The fraction of sp³-hybridized carbons (Fsp3) is 0.625. The smallest absolute Gasteiger partial charge is 0.0820 e. The molecule has 0 saturated heterocycles. The summed E-state index contributed by atoms with van der Waals surface area (Å²) in [6, 6.07) is 0. The van der Waals surface area contributed by atoms with Crippen molar-refractivity contribution in [2.45, 2.75) is 32.3 Å². The first-order chi connectivity index (χ1) is 5.34. The number of aliphatic hydroxyl groups excluding tert-OH is 1. The highest BCUT2D eigenvalue weighted by Crippen LogP contribution is 2.16. The van der Waals surface area contributed by atoms with E-state index in [4.69, 9.17) is 0 Å². The molecule has 0 bridgehead atoms. The van der Waals surface area contributed by atoms with E-state index in [0.717, 1.165) is 24.8 Å². The quantitative estimate of drug-likeness (QED) is 0.692. The fourth-order valence-electron chi connectivity index (χ4n) is 1.01. The molecule has 0 aliphatic carbocycles. The minimum Gasteiger partial charge on any atom is -0.388 e. The first kappa shape index (κ1) is 8.27. The minimum atomic E-state index is -0.339. The van der Waals surface area contributed by atoms with Gasteiger partial charge >= 0.3 is 0 Å². The molecule has 11 heavy (non-hydrogen) atoms. The van der Waals surface area contributed by atoms with Gasteiger partial charge in [-0.2, -0.15) is 5.10 Å². The molecule has 0 spiro atoms. The van der Waals surface area contributed by atoms with Crippen molar-refractivity contribution in [2.75, 3.05) is 0 Å². The molecule has 2 N–H and O–H groups in total. The number of nitrogens with one attached hydrogen (secondary N) is 1. The highest BCUT2D eigenvalue weighted by molar-refractivity contribution is 5.05. The van der Waals surface area contributed by atoms with Crippen LogP contribution in [0.2, 0.25) is 0 Å². The highest BCUT2D eigenvalue weighted by atomic mass is 16.3. The van der Waals surface area contributed by atoms with Gasteiger partial charge in [0.1, 0.15) is 0 Å². The van der Waals surface area contributed by atoms with E-state index in [1.165, 1.54) is 0 Å². The van der Waals surface area contributed by atoms with Gasteiger partial charge in [-0.05, 0) is 6.42 Å². The maximum absolute atomic E-state index is 9.48. The summed E-state index contributed by atoms with van der Waals surface area (Å²) in [5.74, 6) is 0. The van der Waals surface area contributed by atoms with Crippen LogP contribution in [0.5, 0.6) is 0 Å². The summed E-state index contributed by atoms with van der Waals surface area (Å²) >= 11 is 0. The number of hydrogen-bond donors (Lipinski definition) is 2. The van der Waals surface area contributed by atoms with Crippen molar-refractivity contribution < 1.29 is 5.11 Å². The van der Waals surface area contributed by atoms with E-state index >= 15 is 0 Å². The van der Waals surface area contributed by atoms with Crippen LogP contribution in [0.1, 0.15) is 37.9 Å². The number of hydrogen-bond acceptors (Lipinski definition) is 2. The minimum absolute atomic E-state index is 0.339. The molecule has 1 aromatic rings. The summed E-state index contributed by atoms with van der Waals surface area (Å²) in [7, 11) is 0. The molecule has 0 amide bonds. The van der Waals surface area contributed by atoms with Crippen LogP contribution in [0.3, 0.4) is 0 Å². The van der Waals surface area contributed by atoms with E-state index < -0.39 is 0 Å². The first-order valence-corrected chi connectivity index (χ1v) is 4.01. The average Bonchev–Trinajstić information content (AvgIpc) is 2.52. The van der Waals surface area contributed by atoms with Gasteiger partial charge in [0.25, 0.3) is 0 Å². The summed E-state index contributed by atoms with van der Waals surface area (Å²) in [5, 5.41) is 15.9. The number of aliphatic hydroxyl groups is 1. The van der Waals surface area contributed by atoms with Crippen LogP contribution in [0.15, 0.2) is 12.4 Å². The zero-order valence-electron chi connectivity index (χ0n) is 6.75. The van der Waals surface area contributed by atoms with Gasteiger partial charge in [-0.3, -0.25) is 5.10 Å². The number of H-pyrrole nitrogens is 1. The van der Waals surface area contributed by atoms with E-state index in [1.807, 2.05) is 0 Å². The van der Waals surface area contributed by atoms with Crippen LogP contribution in [0, 0.1) is 0 Å². The fourth-order valence-corrected chi connectivity index (χ4v) is 1.01. The lowest BCUT2D eigenvalue weighted by Gasteiger charge is -2.05. The van der Waals surface area contributed by atoms with Crippen molar-refractivity contribution in [1.29, 1.82) is 0 Å². The highest BCUT2D eigenvalue weighted by Gasteiger charge is 2.06. The van der Waals surface area contributed by atoms with Crippen LogP contribution in [0.4, 0.5) is 0 Å². The lowest BCUT2D eigenvalue weighted by molar-refractivity contribution is 0.164. The third-order valence-corrected chi connectivity index (χ3v) is 1.74. The Morgan fingerprint density at radius 3 is 3.09 bits per heavy atom. The van der Waals surface area contributed by atoms with Crippen molar-refractivity contribution in [3.05, 3.63) is 18.0 Å². The number of unbranched alkanes of at least 4 members (excludes halogenated alkanes) is 1. The molecular formula is C8H14N2O. The molecule has 1 rings (SSSR count). The molecule has 1 atom stereocenters. The molecule has 0 aromatic carbocycles. The van der Waals surface area contributed by atoms with Gasteiger partial charge in [0.05, 0.1) is 12.3 Å². The molecule has 3 nitrogen and oxygen atoms in total. The van der Waals surface area contributed by atoms with Crippen LogP contribution in [0.25, 0.3) is 0 Å². The molecule has 3 heteroatoms. The lowest BCUT2D eigenvalue weighted by Crippen LogP contribution is -1.94. The SMILES string of the molecule is CCCCC(O)c1cn[nH]c1. The maximum atomic E-state index is 9.48. The summed E-state index contributed by atoms with van der Waals surface area (Å²) < 4.78 is 0. The zero-order chi connectivity index (χ0) is 8.10. The van der Waals surface area contributed by atoms with E-state index in [9.17, 15) is 5.11 Å². The number of aromatic nitrogens is 2. The third kappa shape index (κ3) is 2.35. The molecule has 0 saturated carbocycles. The molecule has 0 aliphatic heterocycles. The normalized spacial score (nSPS) is 13.3. The van der Waals surface area contributed by atoms with Gasteiger partial charge in [-0.15, -0.1) is 0 Å². The predicted octanol–water partition coefficient (Wildman–Crippen LogP) is 1.63. The molecule has 62 valence electrons. The zero-order valence-corrected chi connectivity index (χ0v) is 6.75. The van der Waals surface area contributed by atoms with Gasteiger partial charge in [0.2, 0.25) is 0 Å². The Morgan fingerprint density at radius 1 is 1.73 bits per heavy atom. The summed E-state index contributed by atoms with van der Waals surface area (Å²) in [6.45, 7) is 2.11. The van der Waals surface area contributed by atoms with Gasteiger partial charge in [0, 0.05) is 11.8 Å². The summed E-state index contributed by atoms with van der Waals surface area (Å²) in [4.78, 5) is 0. The third-order valence-electron chi connectivity index (χ3n) is 1.74.